The summed E-state index contributed by atoms with van der Waals surface area (Å²) in [7, 11) is 3.57. The molecule has 7 atom stereocenters. The number of aromatic amines is 1. The number of nitrogens with two attached hydrogens (primary N) is 3. The number of aliphatic carboxylic acids is 3. The lowest BCUT2D eigenvalue weighted by molar-refractivity contribution is -0.143. The molecule has 1 aromatic carbocycles. The molecule has 4 heterocycles. The maximum Gasteiger partial charge on any atom is 0.404 e. The molecule has 3 aliphatic rings. The van der Waals surface area contributed by atoms with Crippen molar-refractivity contribution >= 4 is 104 Å². The average molecular weight is 1140 g/mol. The second-order valence-corrected chi connectivity index (χ2v) is 20.5. The van der Waals surface area contributed by atoms with Crippen molar-refractivity contribution in [3.63, 3.8) is 0 Å². The van der Waals surface area contributed by atoms with E-state index in [1.807, 2.05) is 0 Å². The van der Waals surface area contributed by atoms with E-state index in [4.69, 9.17) is 26.7 Å². The number of aromatic nitrogens is 4. The summed E-state index contributed by atoms with van der Waals surface area (Å²) in [5.74, 6) is -10.3. The van der Waals surface area contributed by atoms with Crippen molar-refractivity contribution in [1.82, 2.24) is 56.7 Å². The molecule has 17 N–H and O–H groups in total. The molecule has 5 amide bonds. The highest BCUT2D eigenvalue weighted by molar-refractivity contribution is 8.76. The van der Waals surface area contributed by atoms with Gasteiger partial charge in [0, 0.05) is 60.5 Å². The molecule has 31 nitrogen and oxygen atoms in total. The number of primary amides is 1. The summed E-state index contributed by atoms with van der Waals surface area (Å²) in [4.78, 5) is 156. The van der Waals surface area contributed by atoms with Gasteiger partial charge in [0.2, 0.25) is 35.2 Å². The van der Waals surface area contributed by atoms with Crippen LogP contribution in [0.25, 0.3) is 11.2 Å². The molecule has 0 spiro atoms. The molecule has 3 aromatic rings. The molecular formula is C46H57N15O16S2. The fraction of sp³-hybridized carbons (Fsp3) is 0.435. The molecule has 1 unspecified atom stereocenters. The van der Waals surface area contributed by atoms with Crippen LogP contribution >= 0.6 is 21.6 Å². The van der Waals surface area contributed by atoms with Crippen LogP contribution in [0.5, 0.6) is 0 Å². The number of Topliss-reactive ketones (excluding diaryl/α,β-unsaturated/α-hetero) is 2. The lowest BCUT2D eigenvalue weighted by atomic mass is 9.81. The maximum atomic E-state index is 14.0. The number of carbonyl (C=O) groups is 10. The monoisotopic (exact) mass is 1140 g/mol. The van der Waals surface area contributed by atoms with Crippen molar-refractivity contribution in [2.75, 3.05) is 56.0 Å². The van der Waals surface area contributed by atoms with Gasteiger partial charge in [0.25, 0.3) is 11.5 Å². The van der Waals surface area contributed by atoms with Crippen LogP contribution in [0.2, 0.25) is 0 Å². The zero-order valence-corrected chi connectivity index (χ0v) is 44.0. The van der Waals surface area contributed by atoms with E-state index in [-0.39, 0.29) is 83.1 Å². The molecule has 424 valence electrons. The van der Waals surface area contributed by atoms with Crippen molar-refractivity contribution in [2.45, 2.75) is 75.6 Å². The average Bonchev–Trinajstić information content (AvgIpc) is 3.97. The van der Waals surface area contributed by atoms with Crippen LogP contribution in [0.4, 0.5) is 16.4 Å². The van der Waals surface area contributed by atoms with Crippen LogP contribution in [-0.2, 0) is 54.4 Å². The molecular weight excluding hydrogens is 1080 g/mol. The highest BCUT2D eigenvalue weighted by Gasteiger charge is 2.64. The van der Waals surface area contributed by atoms with Crippen LogP contribution in [-0.4, -0.2) is 180 Å². The third-order valence-corrected chi connectivity index (χ3v) is 15.2. The summed E-state index contributed by atoms with van der Waals surface area (Å²) in [6.45, 7) is 2.80. The van der Waals surface area contributed by atoms with Crippen LogP contribution in [0.15, 0.2) is 57.8 Å². The van der Waals surface area contributed by atoms with Crippen LogP contribution in [0, 0.1) is 5.92 Å². The lowest BCUT2D eigenvalue weighted by Crippen LogP contribution is -2.57. The number of fused-ring (bicyclic) bond motifs is 3. The Bertz CT molecular complexity index is 3050. The Morgan fingerprint density at radius 3 is 2.28 bits per heavy atom. The van der Waals surface area contributed by atoms with Crippen LogP contribution in [0.1, 0.15) is 49.2 Å². The Balaban J connectivity index is 0.919. The van der Waals surface area contributed by atoms with Crippen molar-refractivity contribution in [3.8, 4) is 0 Å². The number of hydrogen-bond acceptors (Lipinski definition) is 24. The number of ether oxygens (including phenoxy) is 2. The van der Waals surface area contributed by atoms with E-state index in [1.54, 1.807) is 11.8 Å². The smallest absolute Gasteiger partial charge is 0.404 e. The Kier molecular flexibility index (Phi) is 19.9. The predicted octanol–water partition coefficient (Wildman–Crippen LogP) is -3.19. The number of anilines is 2. The van der Waals surface area contributed by atoms with Crippen LogP contribution < -0.4 is 60.0 Å². The lowest BCUT2D eigenvalue weighted by Gasteiger charge is -2.39. The van der Waals surface area contributed by atoms with E-state index < -0.39 is 132 Å². The summed E-state index contributed by atoms with van der Waals surface area (Å²) < 4.78 is 11.0. The Labute approximate surface area is 455 Å². The van der Waals surface area contributed by atoms with E-state index in [9.17, 15) is 68.1 Å². The summed E-state index contributed by atoms with van der Waals surface area (Å²) in [6.07, 6.45) is -1.52. The normalized spacial score (nSPS) is 19.1. The quantitative estimate of drug-likeness (QED) is 0.0194. The van der Waals surface area contributed by atoms with Gasteiger partial charge < -0.3 is 78.8 Å². The number of methoxy groups -OCH3 is 1. The first-order valence-electron chi connectivity index (χ1n) is 23.9. The van der Waals surface area contributed by atoms with E-state index in [2.05, 4.69) is 57.2 Å². The number of allylic oxidation sites excluding steroid dienone is 2. The Morgan fingerprint density at radius 2 is 1.62 bits per heavy atom. The molecule has 0 radical (unpaired) electrons. The number of nitrogen functional groups attached to an aromatic ring is 1. The van der Waals surface area contributed by atoms with Crippen molar-refractivity contribution in [1.29, 1.82) is 0 Å². The minimum absolute atomic E-state index is 0.00971. The number of nitrogens with one attached hydrogen (secondary N) is 8. The Morgan fingerprint density at radius 1 is 0.924 bits per heavy atom. The van der Waals surface area contributed by atoms with E-state index in [1.165, 1.54) is 44.5 Å². The number of carboxylic acids is 3. The van der Waals surface area contributed by atoms with Gasteiger partial charge in [-0.3, -0.25) is 48.7 Å². The first kappa shape index (κ1) is 59.8. The molecule has 1 saturated heterocycles. The molecule has 0 saturated carbocycles. The van der Waals surface area contributed by atoms with E-state index >= 15 is 0 Å². The number of hydrogen-bond donors (Lipinski definition) is 14. The van der Waals surface area contributed by atoms with Gasteiger partial charge in [0.1, 0.15) is 30.8 Å². The fourth-order valence-corrected chi connectivity index (χ4v) is 10.8. The van der Waals surface area contributed by atoms with Crippen molar-refractivity contribution < 1.29 is 72.7 Å². The molecule has 33 heteroatoms. The van der Waals surface area contributed by atoms with Crippen molar-refractivity contribution in [2.24, 2.45) is 17.4 Å². The third-order valence-electron chi connectivity index (χ3n) is 12.8. The van der Waals surface area contributed by atoms with Gasteiger partial charge >= 0.3 is 24.0 Å². The largest absolute Gasteiger partial charge is 0.481 e. The number of H-pyrrole nitrogens is 1. The number of ketones is 2. The highest BCUT2D eigenvalue weighted by Crippen LogP contribution is 2.50. The molecule has 2 aliphatic heterocycles. The summed E-state index contributed by atoms with van der Waals surface area (Å²) in [5, 5.41) is 47.4. The molecule has 2 aromatic heterocycles. The number of carbonyl (C=O) groups excluding carboxylic acids is 7. The van der Waals surface area contributed by atoms with Crippen LogP contribution in [0.3, 0.4) is 0 Å². The topological polar surface area (TPSA) is 487 Å². The van der Waals surface area contributed by atoms with Gasteiger partial charge in [-0.1, -0.05) is 21.6 Å². The predicted molar refractivity (Wildman–Crippen MR) is 280 cm³/mol. The highest BCUT2D eigenvalue weighted by atomic mass is 33.1. The number of carboxylic acid groups (broad SMARTS) is 3. The maximum absolute atomic E-state index is 14.0. The van der Waals surface area contributed by atoms with Gasteiger partial charge in [0.05, 0.1) is 54.9 Å². The number of amides is 5. The molecule has 1 aliphatic carbocycles. The van der Waals surface area contributed by atoms with Gasteiger partial charge in [-0.2, -0.15) is 4.98 Å². The zero-order chi connectivity index (χ0) is 57.9. The second kappa shape index (κ2) is 26.3. The minimum atomic E-state index is -1.82. The van der Waals surface area contributed by atoms with E-state index in [0.29, 0.717) is 11.4 Å². The third kappa shape index (κ3) is 14.2. The minimum Gasteiger partial charge on any atom is -0.481 e. The van der Waals surface area contributed by atoms with Gasteiger partial charge in [-0.15, -0.1) is 0 Å². The SMILES string of the molecule is CO[C@]12C(C)NCN1C1=C(C(=O)C(NCCSSC[C@@H](NC(=O)[C@@H](CC(=O)O)NC(=O)[C@H](N)CNC(=O)CC[C@@H](NC(=O)c3ccc(NCc4cnc5nc(N)[nH]c(=O)c5n4)cc3)C(=O)O)C(=O)O)=C(C)C1=O)[C@H]2COC(N)=O. The standard InChI is InChI=1S/C46H57N15O16S2/c1-19-32(36(66)31-24(16-77-45(49)75)46(76-3)20(2)54-18-61(46)34(31)35(19)65)50-10-11-78-79-17-28(43(73)74)58-40(69)27(12-30(63)64)57-39(68)25(47)15-52-29(62)9-8-26(42(71)72)56-38(67)21-4-6-22(7-5-21)51-13-23-14-53-37-33(55-23)41(70)60-44(48)59-37/h4-7,14,20,24-28,50-51,54H,8-13,15-18,47H2,1-3H3,(H2,49,75)(H,52,62)(H,56,67)(H,57,68)(H,58,69)(H,63,64)(H,71,72)(H,73,74)(H3,48,53,59,60,70)/t20?,24-,25-,26-,27-,28-,46+/m1/s1. The number of nitrogens with zero attached hydrogens (tertiary/aromatic N) is 4. The second-order valence-electron chi connectivity index (χ2n) is 17.9. The Hall–Kier alpha value is -8.40. The zero-order valence-electron chi connectivity index (χ0n) is 42.4. The molecule has 6 rings (SSSR count). The molecule has 0 bridgehead atoms. The summed E-state index contributed by atoms with van der Waals surface area (Å²) in [5.41, 5.74) is 16.3. The van der Waals surface area contributed by atoms with E-state index in [0.717, 1.165) is 21.6 Å². The molecule has 1 fully saturated rings. The first-order valence-corrected chi connectivity index (χ1v) is 26.4. The van der Waals surface area contributed by atoms with Gasteiger partial charge in [-0.05, 0) is 44.5 Å². The summed E-state index contributed by atoms with van der Waals surface area (Å²) >= 11 is 0. The van der Waals surface area contributed by atoms with Gasteiger partial charge in [-0.25, -0.2) is 24.4 Å². The number of rotatable bonds is 28. The first-order chi connectivity index (χ1) is 37.5. The van der Waals surface area contributed by atoms with Gasteiger partial charge in [0.15, 0.2) is 16.9 Å². The molecule has 79 heavy (non-hydrogen) atoms. The van der Waals surface area contributed by atoms with Crippen molar-refractivity contribution in [3.05, 3.63) is 74.6 Å². The number of benzene rings is 1. The summed E-state index contributed by atoms with van der Waals surface area (Å²) in [6, 6.07) is -1.02. The fourth-order valence-electron chi connectivity index (χ4n) is 8.78.